The number of rotatable bonds is 4. The Kier molecular flexibility index (Phi) is 3.99. The molecule has 1 rings (SSSR count). The summed E-state index contributed by atoms with van der Waals surface area (Å²) in [6.45, 7) is 1.73. The fourth-order valence-corrected chi connectivity index (χ4v) is 1.26. The molecule has 1 atom stereocenters. The first kappa shape index (κ1) is 12.2. The average molecular weight is 222 g/mol. The molecule has 1 heterocycles. The van der Waals surface area contributed by atoms with Crippen LogP contribution in [0, 0.1) is 5.92 Å². The van der Waals surface area contributed by atoms with Crippen LogP contribution in [-0.4, -0.2) is 40.5 Å². The molecule has 0 saturated carbocycles. The number of carbonyl (C=O) groups is 2. The molecule has 0 aromatic carbocycles. The first-order valence-corrected chi connectivity index (χ1v) is 4.91. The summed E-state index contributed by atoms with van der Waals surface area (Å²) >= 11 is 0. The molecule has 0 aliphatic rings. The van der Waals surface area contributed by atoms with Crippen molar-refractivity contribution >= 4 is 11.9 Å². The van der Waals surface area contributed by atoms with Gasteiger partial charge in [0, 0.05) is 19.8 Å². The maximum absolute atomic E-state index is 11.8. The molecule has 0 saturated heterocycles. The van der Waals surface area contributed by atoms with Gasteiger partial charge in [0.15, 0.2) is 0 Å². The Hall–Kier alpha value is -1.91. The van der Waals surface area contributed by atoms with Crippen molar-refractivity contribution in [3.8, 4) is 0 Å². The average Bonchev–Trinajstić information content (AvgIpc) is 2.28. The van der Waals surface area contributed by atoms with Gasteiger partial charge in [0.1, 0.15) is 5.69 Å². The number of hydrogen-bond donors (Lipinski definition) is 1. The quantitative estimate of drug-likeness (QED) is 0.820. The van der Waals surface area contributed by atoms with Gasteiger partial charge in [-0.05, 0) is 12.1 Å². The lowest BCUT2D eigenvalue weighted by molar-refractivity contribution is -0.141. The molecule has 5 nitrogen and oxygen atoms in total. The van der Waals surface area contributed by atoms with Crippen molar-refractivity contribution in [2.45, 2.75) is 6.92 Å². The molecule has 5 heteroatoms. The highest BCUT2D eigenvalue weighted by molar-refractivity contribution is 5.92. The SMILES string of the molecule is CC(CN(C)C(=O)c1ccccn1)C(=O)O. The molecule has 16 heavy (non-hydrogen) atoms. The zero-order valence-electron chi connectivity index (χ0n) is 9.25. The molecule has 1 aromatic rings. The van der Waals surface area contributed by atoms with Gasteiger partial charge in [0.2, 0.25) is 0 Å². The Balaban J connectivity index is 2.65. The second-order valence-corrected chi connectivity index (χ2v) is 3.64. The fourth-order valence-electron chi connectivity index (χ4n) is 1.26. The zero-order chi connectivity index (χ0) is 12.1. The van der Waals surface area contributed by atoms with Gasteiger partial charge >= 0.3 is 5.97 Å². The summed E-state index contributed by atoms with van der Waals surface area (Å²) < 4.78 is 0. The van der Waals surface area contributed by atoms with E-state index >= 15 is 0 Å². The molecule has 86 valence electrons. The third-order valence-corrected chi connectivity index (χ3v) is 2.20. The molecule has 0 bridgehead atoms. The van der Waals surface area contributed by atoms with E-state index in [-0.39, 0.29) is 12.5 Å². The molecule has 0 radical (unpaired) electrons. The van der Waals surface area contributed by atoms with Gasteiger partial charge in [-0.2, -0.15) is 0 Å². The smallest absolute Gasteiger partial charge is 0.308 e. The van der Waals surface area contributed by atoms with Crippen molar-refractivity contribution in [2.75, 3.05) is 13.6 Å². The lowest BCUT2D eigenvalue weighted by atomic mass is 10.1. The Labute approximate surface area is 93.7 Å². The second-order valence-electron chi connectivity index (χ2n) is 3.64. The van der Waals surface area contributed by atoms with E-state index in [1.165, 1.54) is 11.1 Å². The van der Waals surface area contributed by atoms with Crippen LogP contribution < -0.4 is 0 Å². The predicted octanol–water partition coefficient (Wildman–Crippen LogP) is 0.874. The second kappa shape index (κ2) is 5.25. The van der Waals surface area contributed by atoms with Crippen LogP contribution in [0.15, 0.2) is 24.4 Å². The monoisotopic (exact) mass is 222 g/mol. The van der Waals surface area contributed by atoms with Gasteiger partial charge in [-0.3, -0.25) is 14.6 Å². The number of aliphatic carboxylic acids is 1. The summed E-state index contributed by atoms with van der Waals surface area (Å²) in [5.41, 5.74) is 0.322. The van der Waals surface area contributed by atoms with E-state index in [2.05, 4.69) is 4.98 Å². The fraction of sp³-hybridized carbons (Fsp3) is 0.364. The van der Waals surface area contributed by atoms with Crippen molar-refractivity contribution < 1.29 is 14.7 Å². The van der Waals surface area contributed by atoms with Crippen LogP contribution in [0.25, 0.3) is 0 Å². The summed E-state index contributed by atoms with van der Waals surface area (Å²) in [6, 6.07) is 5.04. The molecule has 0 fully saturated rings. The summed E-state index contributed by atoms with van der Waals surface area (Å²) in [6.07, 6.45) is 1.53. The molecule has 0 spiro atoms. The highest BCUT2D eigenvalue weighted by atomic mass is 16.4. The predicted molar refractivity (Wildman–Crippen MR) is 58.0 cm³/mol. The van der Waals surface area contributed by atoms with E-state index in [1.54, 1.807) is 32.2 Å². The van der Waals surface area contributed by atoms with Crippen molar-refractivity contribution in [3.05, 3.63) is 30.1 Å². The molecule has 1 unspecified atom stereocenters. The summed E-state index contributed by atoms with van der Waals surface area (Å²) in [4.78, 5) is 27.7. The van der Waals surface area contributed by atoms with Gasteiger partial charge < -0.3 is 10.0 Å². The maximum atomic E-state index is 11.8. The minimum Gasteiger partial charge on any atom is -0.481 e. The van der Waals surface area contributed by atoms with Gasteiger partial charge in [-0.25, -0.2) is 0 Å². The highest BCUT2D eigenvalue weighted by Gasteiger charge is 2.18. The first-order chi connectivity index (χ1) is 7.52. The van der Waals surface area contributed by atoms with E-state index in [0.29, 0.717) is 5.69 Å². The number of carbonyl (C=O) groups excluding carboxylic acids is 1. The molecule has 1 aromatic heterocycles. The Morgan fingerprint density at radius 3 is 2.69 bits per heavy atom. The van der Waals surface area contributed by atoms with E-state index in [0.717, 1.165) is 0 Å². The minimum absolute atomic E-state index is 0.171. The lowest BCUT2D eigenvalue weighted by Gasteiger charge is -2.18. The minimum atomic E-state index is -0.916. The number of carboxylic acids is 1. The van der Waals surface area contributed by atoms with Crippen molar-refractivity contribution in [3.63, 3.8) is 0 Å². The number of hydrogen-bond acceptors (Lipinski definition) is 3. The van der Waals surface area contributed by atoms with E-state index in [9.17, 15) is 9.59 Å². The standard InChI is InChI=1S/C11H14N2O3/c1-8(11(15)16)7-13(2)10(14)9-5-3-4-6-12-9/h3-6,8H,7H2,1-2H3,(H,15,16). The highest BCUT2D eigenvalue weighted by Crippen LogP contribution is 2.03. The topological polar surface area (TPSA) is 70.5 Å². The summed E-state index contributed by atoms with van der Waals surface area (Å²) in [7, 11) is 1.57. The van der Waals surface area contributed by atoms with Crippen molar-refractivity contribution in [1.29, 1.82) is 0 Å². The maximum Gasteiger partial charge on any atom is 0.308 e. The third kappa shape index (κ3) is 3.05. The summed E-state index contributed by atoms with van der Waals surface area (Å²) in [5, 5.41) is 8.73. The molecule has 0 aliphatic carbocycles. The number of amides is 1. The third-order valence-electron chi connectivity index (χ3n) is 2.20. The van der Waals surface area contributed by atoms with Crippen molar-refractivity contribution in [1.82, 2.24) is 9.88 Å². The Morgan fingerprint density at radius 2 is 2.19 bits per heavy atom. The van der Waals surface area contributed by atoms with Gasteiger partial charge in [0.25, 0.3) is 5.91 Å². The van der Waals surface area contributed by atoms with Crippen LogP contribution in [0.3, 0.4) is 0 Å². The van der Waals surface area contributed by atoms with Crippen LogP contribution in [0.5, 0.6) is 0 Å². The van der Waals surface area contributed by atoms with Gasteiger partial charge in [-0.1, -0.05) is 13.0 Å². The number of aromatic nitrogens is 1. The van der Waals surface area contributed by atoms with Crippen molar-refractivity contribution in [2.24, 2.45) is 5.92 Å². The zero-order valence-corrected chi connectivity index (χ0v) is 9.25. The van der Waals surface area contributed by atoms with Crippen LogP contribution in [0.4, 0.5) is 0 Å². The first-order valence-electron chi connectivity index (χ1n) is 4.91. The summed E-state index contributed by atoms with van der Waals surface area (Å²) in [5.74, 6) is -1.77. The van der Waals surface area contributed by atoms with Crippen LogP contribution >= 0.6 is 0 Å². The van der Waals surface area contributed by atoms with Gasteiger partial charge in [-0.15, -0.1) is 0 Å². The molecular weight excluding hydrogens is 208 g/mol. The van der Waals surface area contributed by atoms with Gasteiger partial charge in [0.05, 0.1) is 5.92 Å². The largest absolute Gasteiger partial charge is 0.481 e. The van der Waals surface area contributed by atoms with Crippen LogP contribution in [0.2, 0.25) is 0 Å². The number of carboxylic acid groups (broad SMARTS) is 1. The Morgan fingerprint density at radius 1 is 1.50 bits per heavy atom. The number of nitrogens with zero attached hydrogens (tertiary/aromatic N) is 2. The Bertz CT molecular complexity index is 378. The van der Waals surface area contributed by atoms with E-state index < -0.39 is 11.9 Å². The lowest BCUT2D eigenvalue weighted by Crippen LogP contribution is -2.34. The number of pyridine rings is 1. The normalized spacial score (nSPS) is 11.9. The van der Waals surface area contributed by atoms with E-state index in [1.807, 2.05) is 0 Å². The molecule has 1 N–H and O–H groups in total. The van der Waals surface area contributed by atoms with Crippen LogP contribution in [0.1, 0.15) is 17.4 Å². The van der Waals surface area contributed by atoms with E-state index in [4.69, 9.17) is 5.11 Å². The van der Waals surface area contributed by atoms with Crippen LogP contribution in [-0.2, 0) is 4.79 Å². The molecular formula is C11H14N2O3. The molecule has 0 aliphatic heterocycles. The molecule has 1 amide bonds.